The second-order valence-corrected chi connectivity index (χ2v) is 6.02. The van der Waals surface area contributed by atoms with Gasteiger partial charge < -0.3 is 5.32 Å². The third kappa shape index (κ3) is 2.57. The molecule has 0 amide bonds. The van der Waals surface area contributed by atoms with Crippen LogP contribution < -0.4 is 5.32 Å². The molecule has 0 fully saturated rings. The number of rotatable bonds is 3. The van der Waals surface area contributed by atoms with Crippen LogP contribution in [0, 0.1) is 0 Å². The van der Waals surface area contributed by atoms with Gasteiger partial charge in [0, 0.05) is 21.4 Å². The Morgan fingerprint density at radius 3 is 2.89 bits per heavy atom. The predicted octanol–water partition coefficient (Wildman–Crippen LogP) is 5.28. The van der Waals surface area contributed by atoms with Crippen LogP contribution in [-0.2, 0) is 6.54 Å². The zero-order valence-electron chi connectivity index (χ0n) is 9.69. The Bertz CT molecular complexity index is 675. The summed E-state index contributed by atoms with van der Waals surface area (Å²) >= 11 is 5.27. The van der Waals surface area contributed by atoms with Gasteiger partial charge in [-0.1, -0.05) is 28.1 Å². The SMILES string of the molecule is Brc1cccc(CNc2ccc3sccc3c2)c1. The van der Waals surface area contributed by atoms with Crippen molar-refractivity contribution < 1.29 is 0 Å². The molecule has 0 radical (unpaired) electrons. The third-order valence-electron chi connectivity index (χ3n) is 2.84. The maximum absolute atomic E-state index is 3.49. The van der Waals surface area contributed by atoms with Crippen LogP contribution in [0.15, 0.2) is 58.4 Å². The van der Waals surface area contributed by atoms with Crippen LogP contribution in [0.3, 0.4) is 0 Å². The molecule has 0 unspecified atom stereocenters. The molecule has 3 rings (SSSR count). The highest BCUT2D eigenvalue weighted by molar-refractivity contribution is 9.10. The van der Waals surface area contributed by atoms with E-state index in [9.17, 15) is 0 Å². The fourth-order valence-corrected chi connectivity index (χ4v) is 3.15. The minimum atomic E-state index is 0.842. The number of halogens is 1. The summed E-state index contributed by atoms with van der Waals surface area (Å²) in [6, 6.07) is 17.0. The van der Waals surface area contributed by atoms with E-state index in [4.69, 9.17) is 0 Å². The van der Waals surface area contributed by atoms with Crippen molar-refractivity contribution in [1.82, 2.24) is 0 Å². The Balaban J connectivity index is 1.76. The molecule has 0 aliphatic carbocycles. The van der Waals surface area contributed by atoms with Crippen molar-refractivity contribution in [2.75, 3.05) is 5.32 Å². The van der Waals surface area contributed by atoms with E-state index in [1.54, 1.807) is 11.3 Å². The first kappa shape index (κ1) is 11.8. The van der Waals surface area contributed by atoms with Crippen LogP contribution in [0.4, 0.5) is 5.69 Å². The Labute approximate surface area is 119 Å². The molecular formula is C15H12BrNS. The second-order valence-electron chi connectivity index (χ2n) is 4.16. The van der Waals surface area contributed by atoms with Gasteiger partial charge in [-0.25, -0.2) is 0 Å². The van der Waals surface area contributed by atoms with Gasteiger partial charge in [0.05, 0.1) is 0 Å². The molecule has 1 heterocycles. The molecule has 0 bridgehead atoms. The molecule has 3 aromatic rings. The Morgan fingerprint density at radius 1 is 1.06 bits per heavy atom. The lowest BCUT2D eigenvalue weighted by Crippen LogP contribution is -1.98. The number of thiophene rings is 1. The maximum Gasteiger partial charge on any atom is 0.0401 e. The third-order valence-corrected chi connectivity index (χ3v) is 4.23. The van der Waals surface area contributed by atoms with E-state index >= 15 is 0 Å². The van der Waals surface area contributed by atoms with Gasteiger partial charge in [-0.05, 0) is 52.7 Å². The average molecular weight is 318 g/mol. The smallest absolute Gasteiger partial charge is 0.0401 e. The molecule has 1 aromatic heterocycles. The summed E-state index contributed by atoms with van der Waals surface area (Å²) in [6.45, 7) is 0.842. The Kier molecular flexibility index (Phi) is 3.35. The normalized spacial score (nSPS) is 10.7. The fourth-order valence-electron chi connectivity index (χ4n) is 1.93. The minimum absolute atomic E-state index is 0.842. The summed E-state index contributed by atoms with van der Waals surface area (Å²) in [5.41, 5.74) is 2.44. The zero-order chi connectivity index (χ0) is 12.4. The van der Waals surface area contributed by atoms with E-state index in [2.05, 4.69) is 69.1 Å². The largest absolute Gasteiger partial charge is 0.381 e. The van der Waals surface area contributed by atoms with Crippen molar-refractivity contribution in [1.29, 1.82) is 0 Å². The highest BCUT2D eigenvalue weighted by Gasteiger charge is 1.98. The first-order chi connectivity index (χ1) is 8.81. The van der Waals surface area contributed by atoms with E-state index in [0.29, 0.717) is 0 Å². The standard InChI is InChI=1S/C15H12BrNS/c16-13-3-1-2-11(8-13)10-17-14-4-5-15-12(9-14)6-7-18-15/h1-9,17H,10H2. The quantitative estimate of drug-likeness (QED) is 0.693. The molecule has 0 spiro atoms. The molecule has 0 aliphatic heterocycles. The molecule has 1 N–H and O–H groups in total. The van der Waals surface area contributed by atoms with Crippen LogP contribution in [0.1, 0.15) is 5.56 Å². The first-order valence-electron chi connectivity index (χ1n) is 5.77. The maximum atomic E-state index is 3.49. The van der Waals surface area contributed by atoms with Crippen molar-refractivity contribution in [3.63, 3.8) is 0 Å². The van der Waals surface area contributed by atoms with E-state index in [-0.39, 0.29) is 0 Å². The number of nitrogens with one attached hydrogen (secondary N) is 1. The van der Waals surface area contributed by atoms with Gasteiger partial charge in [0.1, 0.15) is 0 Å². The van der Waals surface area contributed by atoms with Crippen LogP contribution >= 0.6 is 27.3 Å². The molecule has 2 aromatic carbocycles. The van der Waals surface area contributed by atoms with Gasteiger partial charge in [0.15, 0.2) is 0 Å². The molecule has 3 heteroatoms. The van der Waals surface area contributed by atoms with E-state index < -0.39 is 0 Å². The van der Waals surface area contributed by atoms with Gasteiger partial charge in [-0.2, -0.15) is 0 Å². The molecule has 1 nitrogen and oxygen atoms in total. The van der Waals surface area contributed by atoms with Crippen molar-refractivity contribution in [2.24, 2.45) is 0 Å². The number of benzene rings is 2. The summed E-state index contributed by atoms with van der Waals surface area (Å²) in [5, 5.41) is 6.89. The van der Waals surface area contributed by atoms with Crippen LogP contribution in [0.5, 0.6) is 0 Å². The van der Waals surface area contributed by atoms with Crippen molar-refractivity contribution in [2.45, 2.75) is 6.54 Å². The molecule has 0 aliphatic rings. The molecule has 0 atom stereocenters. The zero-order valence-corrected chi connectivity index (χ0v) is 12.1. The molecular weight excluding hydrogens is 306 g/mol. The van der Waals surface area contributed by atoms with Crippen LogP contribution in [-0.4, -0.2) is 0 Å². The Morgan fingerprint density at radius 2 is 2.00 bits per heavy atom. The number of fused-ring (bicyclic) bond motifs is 1. The summed E-state index contributed by atoms with van der Waals surface area (Å²) in [4.78, 5) is 0. The van der Waals surface area contributed by atoms with Gasteiger partial charge in [0.2, 0.25) is 0 Å². The van der Waals surface area contributed by atoms with Crippen molar-refractivity contribution in [3.8, 4) is 0 Å². The van der Waals surface area contributed by atoms with Crippen molar-refractivity contribution >= 4 is 43.0 Å². The number of hydrogen-bond acceptors (Lipinski definition) is 2. The topological polar surface area (TPSA) is 12.0 Å². The van der Waals surface area contributed by atoms with E-state index in [1.807, 2.05) is 6.07 Å². The monoisotopic (exact) mass is 317 g/mol. The molecule has 0 saturated heterocycles. The van der Waals surface area contributed by atoms with Gasteiger partial charge in [-0.15, -0.1) is 11.3 Å². The lowest BCUT2D eigenvalue weighted by atomic mass is 10.2. The lowest BCUT2D eigenvalue weighted by Gasteiger charge is -2.07. The molecule has 18 heavy (non-hydrogen) atoms. The average Bonchev–Trinajstić information content (AvgIpc) is 2.84. The van der Waals surface area contributed by atoms with E-state index in [0.717, 1.165) is 11.0 Å². The van der Waals surface area contributed by atoms with Gasteiger partial charge in [0.25, 0.3) is 0 Å². The molecule has 90 valence electrons. The number of hydrogen-bond donors (Lipinski definition) is 1. The fraction of sp³-hybridized carbons (Fsp3) is 0.0667. The highest BCUT2D eigenvalue weighted by Crippen LogP contribution is 2.24. The molecule has 0 saturated carbocycles. The summed E-state index contributed by atoms with van der Waals surface area (Å²) in [5.74, 6) is 0. The summed E-state index contributed by atoms with van der Waals surface area (Å²) in [6.07, 6.45) is 0. The van der Waals surface area contributed by atoms with Crippen LogP contribution in [0.25, 0.3) is 10.1 Å². The van der Waals surface area contributed by atoms with Crippen molar-refractivity contribution in [3.05, 3.63) is 63.9 Å². The minimum Gasteiger partial charge on any atom is -0.381 e. The lowest BCUT2D eigenvalue weighted by molar-refractivity contribution is 1.15. The second kappa shape index (κ2) is 5.12. The summed E-state index contributed by atoms with van der Waals surface area (Å²) in [7, 11) is 0. The predicted molar refractivity (Wildman–Crippen MR) is 83.3 cm³/mol. The summed E-state index contributed by atoms with van der Waals surface area (Å²) < 4.78 is 2.46. The number of anilines is 1. The van der Waals surface area contributed by atoms with Gasteiger partial charge >= 0.3 is 0 Å². The Hall–Kier alpha value is -1.32. The van der Waals surface area contributed by atoms with Gasteiger partial charge in [-0.3, -0.25) is 0 Å². The van der Waals surface area contributed by atoms with E-state index in [1.165, 1.54) is 21.3 Å². The highest BCUT2D eigenvalue weighted by atomic mass is 79.9. The van der Waals surface area contributed by atoms with Crippen LogP contribution in [0.2, 0.25) is 0 Å². The first-order valence-corrected chi connectivity index (χ1v) is 7.44.